The van der Waals surface area contributed by atoms with Crippen molar-refractivity contribution in [3.05, 3.63) is 0 Å². The molecule has 120 valence electrons. The zero-order valence-corrected chi connectivity index (χ0v) is 13.6. The van der Waals surface area contributed by atoms with Crippen molar-refractivity contribution < 1.29 is 9.53 Å². The highest BCUT2D eigenvalue weighted by Crippen LogP contribution is 2.50. The second kappa shape index (κ2) is 6.25. The van der Waals surface area contributed by atoms with E-state index < -0.39 is 0 Å². The van der Waals surface area contributed by atoms with Gasteiger partial charge in [0.05, 0.1) is 6.61 Å². The van der Waals surface area contributed by atoms with Crippen molar-refractivity contribution in [2.45, 2.75) is 51.0 Å². The minimum atomic E-state index is 0.0755. The third-order valence-electron chi connectivity index (χ3n) is 6.02. The van der Waals surface area contributed by atoms with E-state index in [0.29, 0.717) is 5.41 Å². The molecular formula is C17H30N2O2. The van der Waals surface area contributed by atoms with Crippen LogP contribution < -0.4 is 0 Å². The van der Waals surface area contributed by atoms with Crippen LogP contribution >= 0.6 is 0 Å². The Morgan fingerprint density at radius 3 is 2.71 bits per heavy atom. The molecule has 2 aliphatic carbocycles. The molecule has 0 unspecified atom stereocenters. The summed E-state index contributed by atoms with van der Waals surface area (Å²) in [7, 11) is 3.58. The van der Waals surface area contributed by atoms with Crippen LogP contribution in [-0.4, -0.2) is 62.1 Å². The van der Waals surface area contributed by atoms with E-state index in [2.05, 4.69) is 4.90 Å². The van der Waals surface area contributed by atoms with Crippen LogP contribution in [0.4, 0.5) is 0 Å². The minimum Gasteiger partial charge on any atom is -0.371 e. The molecule has 0 radical (unpaired) electrons. The van der Waals surface area contributed by atoms with E-state index in [-0.39, 0.29) is 12.5 Å². The molecule has 2 saturated carbocycles. The number of amides is 1. The lowest BCUT2D eigenvalue weighted by Gasteiger charge is -2.30. The molecule has 3 aliphatic rings. The van der Waals surface area contributed by atoms with Crippen molar-refractivity contribution in [3.8, 4) is 0 Å². The Balaban J connectivity index is 1.55. The van der Waals surface area contributed by atoms with Gasteiger partial charge in [-0.3, -0.25) is 9.69 Å². The number of carbonyl (C=O) groups is 1. The van der Waals surface area contributed by atoms with Crippen molar-refractivity contribution in [2.75, 3.05) is 40.4 Å². The lowest BCUT2D eigenvalue weighted by atomic mass is 9.81. The Kier molecular flexibility index (Phi) is 4.55. The number of hydrogen-bond acceptors (Lipinski definition) is 3. The monoisotopic (exact) mass is 294 g/mol. The molecule has 4 nitrogen and oxygen atoms in total. The van der Waals surface area contributed by atoms with Crippen LogP contribution in [0.25, 0.3) is 0 Å². The Hall–Kier alpha value is -0.610. The summed E-state index contributed by atoms with van der Waals surface area (Å²) in [5.41, 5.74) is 0.342. The molecule has 1 aliphatic heterocycles. The number of likely N-dealkylation sites (N-methyl/N-ethyl adjacent to an activating group) is 1. The van der Waals surface area contributed by atoms with Gasteiger partial charge < -0.3 is 9.64 Å². The van der Waals surface area contributed by atoms with Gasteiger partial charge in [0.15, 0.2) is 0 Å². The number of hydrogen-bond donors (Lipinski definition) is 0. The average Bonchev–Trinajstić information content (AvgIpc) is 3.12. The zero-order chi connectivity index (χ0) is 14.9. The highest BCUT2D eigenvalue weighted by Gasteiger charge is 2.50. The van der Waals surface area contributed by atoms with Crippen molar-refractivity contribution in [3.63, 3.8) is 0 Å². The van der Waals surface area contributed by atoms with Gasteiger partial charge in [0.25, 0.3) is 0 Å². The molecule has 1 heterocycles. The summed E-state index contributed by atoms with van der Waals surface area (Å²) < 4.78 is 5.84. The number of rotatable bonds is 5. The van der Waals surface area contributed by atoms with E-state index in [1.165, 1.54) is 58.0 Å². The van der Waals surface area contributed by atoms with Crippen molar-refractivity contribution in [1.29, 1.82) is 0 Å². The maximum atomic E-state index is 11.7. The largest absolute Gasteiger partial charge is 0.371 e. The van der Waals surface area contributed by atoms with E-state index in [1.807, 2.05) is 0 Å². The van der Waals surface area contributed by atoms with Crippen molar-refractivity contribution in [1.82, 2.24) is 9.80 Å². The van der Waals surface area contributed by atoms with E-state index >= 15 is 0 Å². The number of likely N-dealkylation sites (tertiary alicyclic amines) is 1. The van der Waals surface area contributed by atoms with Crippen LogP contribution in [0, 0.1) is 11.3 Å². The quantitative estimate of drug-likeness (QED) is 0.779. The summed E-state index contributed by atoms with van der Waals surface area (Å²) in [6.45, 7) is 3.50. The maximum absolute atomic E-state index is 11.7. The number of ether oxygens (including phenoxy) is 1. The first kappa shape index (κ1) is 15.3. The van der Waals surface area contributed by atoms with Gasteiger partial charge in [-0.2, -0.15) is 0 Å². The molecule has 1 saturated heterocycles. The van der Waals surface area contributed by atoms with Gasteiger partial charge in [-0.15, -0.1) is 0 Å². The second-order valence-corrected chi connectivity index (χ2v) is 7.60. The Morgan fingerprint density at radius 1 is 1.24 bits per heavy atom. The molecular weight excluding hydrogens is 264 g/mol. The fraction of sp³-hybridized carbons (Fsp3) is 0.941. The summed E-state index contributed by atoms with van der Waals surface area (Å²) in [6, 6.07) is 0.830. The topological polar surface area (TPSA) is 32.8 Å². The molecule has 1 amide bonds. The summed E-state index contributed by atoms with van der Waals surface area (Å²) in [6.07, 6.45) is 9.59. The predicted octanol–water partition coefficient (Wildman–Crippen LogP) is 2.14. The van der Waals surface area contributed by atoms with Gasteiger partial charge in [0, 0.05) is 38.6 Å². The Bertz CT molecular complexity index is 379. The lowest BCUT2D eigenvalue weighted by Crippen LogP contribution is -2.37. The summed E-state index contributed by atoms with van der Waals surface area (Å²) in [4.78, 5) is 16.0. The van der Waals surface area contributed by atoms with Crippen LogP contribution in [0.15, 0.2) is 0 Å². The molecule has 2 atom stereocenters. The molecule has 3 rings (SSSR count). The molecule has 0 aromatic heterocycles. The fourth-order valence-electron chi connectivity index (χ4n) is 4.71. The van der Waals surface area contributed by atoms with E-state index in [1.54, 1.807) is 19.0 Å². The molecule has 4 heteroatoms. The molecule has 21 heavy (non-hydrogen) atoms. The normalized spacial score (nSPS) is 33.5. The van der Waals surface area contributed by atoms with Gasteiger partial charge in [-0.05, 0) is 31.6 Å². The van der Waals surface area contributed by atoms with Crippen molar-refractivity contribution in [2.24, 2.45) is 11.3 Å². The molecule has 0 aromatic carbocycles. The number of carbonyl (C=O) groups excluding carboxylic acids is 1. The summed E-state index contributed by atoms with van der Waals surface area (Å²) in [5, 5.41) is 0. The van der Waals surface area contributed by atoms with E-state index in [4.69, 9.17) is 4.74 Å². The fourth-order valence-corrected chi connectivity index (χ4v) is 4.71. The van der Waals surface area contributed by atoms with Crippen LogP contribution in [0.1, 0.15) is 44.9 Å². The summed E-state index contributed by atoms with van der Waals surface area (Å²) >= 11 is 0. The van der Waals surface area contributed by atoms with Crippen LogP contribution in [0.2, 0.25) is 0 Å². The van der Waals surface area contributed by atoms with E-state index in [0.717, 1.165) is 18.6 Å². The van der Waals surface area contributed by atoms with E-state index in [9.17, 15) is 4.79 Å². The van der Waals surface area contributed by atoms with Crippen LogP contribution in [0.3, 0.4) is 0 Å². The third-order valence-corrected chi connectivity index (χ3v) is 6.02. The van der Waals surface area contributed by atoms with Gasteiger partial charge in [-0.25, -0.2) is 0 Å². The Labute approximate surface area is 128 Å². The molecule has 0 aromatic rings. The van der Waals surface area contributed by atoms with Gasteiger partial charge >= 0.3 is 0 Å². The number of fused-ring (bicyclic) bond motifs is 1. The zero-order valence-electron chi connectivity index (χ0n) is 13.6. The van der Waals surface area contributed by atoms with Gasteiger partial charge in [-0.1, -0.05) is 19.3 Å². The SMILES string of the molecule is CN(C)C(=O)COC[C@]12CCC[C@H]1CN(C1CCCC1)C2. The maximum Gasteiger partial charge on any atom is 0.248 e. The molecule has 0 N–H and O–H groups in total. The highest BCUT2D eigenvalue weighted by molar-refractivity contribution is 5.76. The molecule has 3 fully saturated rings. The van der Waals surface area contributed by atoms with Crippen LogP contribution in [-0.2, 0) is 9.53 Å². The first-order valence-corrected chi connectivity index (χ1v) is 8.63. The number of nitrogens with zero attached hydrogens (tertiary/aromatic N) is 2. The Morgan fingerprint density at radius 2 is 2.00 bits per heavy atom. The first-order chi connectivity index (χ1) is 10.1. The summed E-state index contributed by atoms with van der Waals surface area (Å²) in [5.74, 6) is 0.874. The predicted molar refractivity (Wildman–Crippen MR) is 83.1 cm³/mol. The van der Waals surface area contributed by atoms with Gasteiger partial charge in [0.1, 0.15) is 6.61 Å². The third kappa shape index (κ3) is 3.11. The first-order valence-electron chi connectivity index (χ1n) is 8.63. The van der Waals surface area contributed by atoms with Crippen LogP contribution in [0.5, 0.6) is 0 Å². The molecule has 0 spiro atoms. The highest BCUT2D eigenvalue weighted by atomic mass is 16.5. The smallest absolute Gasteiger partial charge is 0.248 e. The standard InChI is InChI=1S/C17H30N2O2/c1-18(2)16(20)11-21-13-17-9-5-6-14(17)10-19(12-17)15-7-3-4-8-15/h14-15H,3-13H2,1-2H3/t14-,17+/m0/s1. The lowest BCUT2D eigenvalue weighted by molar-refractivity contribution is -0.135. The molecule has 0 bridgehead atoms. The minimum absolute atomic E-state index is 0.0755. The van der Waals surface area contributed by atoms with Gasteiger partial charge in [0.2, 0.25) is 5.91 Å². The second-order valence-electron chi connectivity index (χ2n) is 7.60. The average molecular weight is 294 g/mol. The van der Waals surface area contributed by atoms with Crippen molar-refractivity contribution >= 4 is 5.91 Å².